The van der Waals surface area contributed by atoms with Crippen LogP contribution in [0.5, 0.6) is 11.5 Å². The summed E-state index contributed by atoms with van der Waals surface area (Å²) in [5.41, 5.74) is 3.03. The zero-order valence-electron chi connectivity index (χ0n) is 26.7. The number of halogens is 1. The van der Waals surface area contributed by atoms with E-state index in [9.17, 15) is 14.0 Å². The SMILES string of the molecule is CN(C)C1CCN(C(=O)C2CCCN(Cc3ccc(-c4cc5nccc(Oc6ccc(NC(=O)NC7CC7)cc6F)c5s4)nc3)C2)C1. The van der Waals surface area contributed by atoms with E-state index in [1.807, 2.05) is 18.3 Å². The van der Waals surface area contributed by atoms with E-state index in [0.29, 0.717) is 23.4 Å². The lowest BCUT2D eigenvalue weighted by Crippen LogP contribution is -2.44. The minimum Gasteiger partial charge on any atom is -0.453 e. The molecular weight excluding hydrogens is 617 g/mol. The van der Waals surface area contributed by atoms with Crippen molar-refractivity contribution in [3.63, 3.8) is 0 Å². The van der Waals surface area contributed by atoms with Crippen LogP contribution in [0.1, 0.15) is 37.7 Å². The molecule has 0 bridgehead atoms. The number of pyridine rings is 2. The molecule has 12 heteroatoms. The van der Waals surface area contributed by atoms with Crippen LogP contribution in [-0.2, 0) is 11.3 Å². The summed E-state index contributed by atoms with van der Waals surface area (Å²) in [6, 6.07) is 12.5. The molecule has 2 unspecified atom stereocenters. The standard InChI is InChI=1S/C35H40FN7O3S/c1-41(2)26-12-15-43(21-26)34(44)23-4-3-14-42(20-23)19-22-5-9-28(38-18-22)32-17-29-33(47-32)31(11-13-37-29)46-30-10-8-25(16-27(30)36)40-35(45)39-24-6-7-24/h5,8-11,13,16-18,23-24,26H,3-4,6-7,12,14-15,19-21H2,1-2H3,(H2,39,40,45). The summed E-state index contributed by atoms with van der Waals surface area (Å²) in [5.74, 6) is 0.337. The number of carbonyl (C=O) groups is 2. The fourth-order valence-electron chi connectivity index (χ4n) is 6.43. The number of hydrogen-bond donors (Lipinski definition) is 2. The summed E-state index contributed by atoms with van der Waals surface area (Å²) in [6.07, 6.45) is 8.52. The number of ether oxygens (including phenoxy) is 1. The molecule has 7 rings (SSSR count). The molecule has 10 nitrogen and oxygen atoms in total. The van der Waals surface area contributed by atoms with Crippen LogP contribution in [0.4, 0.5) is 14.9 Å². The summed E-state index contributed by atoms with van der Waals surface area (Å²) in [6.45, 7) is 4.20. The first-order chi connectivity index (χ1) is 22.8. The third-order valence-electron chi connectivity index (χ3n) is 9.24. The molecule has 47 heavy (non-hydrogen) atoms. The zero-order valence-corrected chi connectivity index (χ0v) is 27.6. The first kappa shape index (κ1) is 31.5. The highest BCUT2D eigenvalue weighted by atomic mass is 32.1. The number of likely N-dealkylation sites (N-methyl/N-ethyl adjacent to an activating group) is 1. The molecule has 246 valence electrons. The van der Waals surface area contributed by atoms with Crippen LogP contribution in [0.2, 0.25) is 0 Å². The van der Waals surface area contributed by atoms with Crippen molar-refractivity contribution in [2.45, 2.75) is 50.7 Å². The van der Waals surface area contributed by atoms with Crippen molar-refractivity contribution in [1.29, 1.82) is 0 Å². The average molecular weight is 658 g/mol. The minimum atomic E-state index is -0.577. The first-order valence-corrected chi connectivity index (χ1v) is 17.2. The molecule has 1 aromatic carbocycles. The number of piperidine rings is 1. The number of nitrogens with zero attached hydrogens (tertiary/aromatic N) is 5. The van der Waals surface area contributed by atoms with Crippen LogP contribution in [0, 0.1) is 11.7 Å². The molecule has 5 heterocycles. The Bertz CT molecular complexity index is 1760. The summed E-state index contributed by atoms with van der Waals surface area (Å²) < 4.78 is 21.8. The van der Waals surface area contributed by atoms with E-state index in [-0.39, 0.29) is 23.7 Å². The second-order valence-corrected chi connectivity index (χ2v) is 14.1. The molecule has 0 spiro atoms. The Hall–Kier alpha value is -4.13. The number of rotatable bonds is 9. The number of likely N-dealkylation sites (tertiary alicyclic amines) is 2. The Morgan fingerprint density at radius 2 is 1.89 bits per heavy atom. The number of amides is 3. The second-order valence-electron chi connectivity index (χ2n) is 13.1. The largest absolute Gasteiger partial charge is 0.453 e. The first-order valence-electron chi connectivity index (χ1n) is 16.4. The number of fused-ring (bicyclic) bond motifs is 1. The quantitative estimate of drug-likeness (QED) is 0.230. The van der Waals surface area contributed by atoms with E-state index < -0.39 is 5.82 Å². The predicted octanol–water partition coefficient (Wildman–Crippen LogP) is 5.95. The number of nitrogens with one attached hydrogen (secondary N) is 2. The summed E-state index contributed by atoms with van der Waals surface area (Å²) in [5, 5.41) is 5.49. The van der Waals surface area contributed by atoms with Crippen LogP contribution in [0.3, 0.4) is 0 Å². The van der Waals surface area contributed by atoms with Gasteiger partial charge in [-0.15, -0.1) is 11.3 Å². The Kier molecular flexibility index (Phi) is 9.07. The maximum atomic E-state index is 15.0. The van der Waals surface area contributed by atoms with Gasteiger partial charge in [-0.25, -0.2) is 9.18 Å². The van der Waals surface area contributed by atoms with Crippen LogP contribution < -0.4 is 15.4 Å². The Labute approximate surface area is 277 Å². The number of anilines is 1. The smallest absolute Gasteiger partial charge is 0.319 e. The van der Waals surface area contributed by atoms with Crippen molar-refractivity contribution in [1.82, 2.24) is 30.0 Å². The number of aromatic nitrogens is 2. The molecular formula is C35H40FN7O3S. The van der Waals surface area contributed by atoms with Crippen LogP contribution in [0.25, 0.3) is 20.8 Å². The molecule has 3 fully saturated rings. The molecule has 3 aliphatic rings. The lowest BCUT2D eigenvalue weighted by molar-refractivity contribution is -0.136. The molecule has 4 aromatic rings. The highest BCUT2D eigenvalue weighted by molar-refractivity contribution is 7.22. The fraction of sp³-hybridized carbons (Fsp3) is 0.429. The van der Waals surface area contributed by atoms with E-state index in [1.54, 1.807) is 18.3 Å². The Morgan fingerprint density at radius 3 is 2.64 bits per heavy atom. The van der Waals surface area contributed by atoms with Gasteiger partial charge in [0.15, 0.2) is 11.6 Å². The van der Waals surface area contributed by atoms with Gasteiger partial charge in [0.2, 0.25) is 5.91 Å². The fourth-order valence-corrected chi connectivity index (χ4v) is 7.47. The second kappa shape index (κ2) is 13.5. The molecule has 2 atom stereocenters. The van der Waals surface area contributed by atoms with E-state index in [0.717, 1.165) is 91.2 Å². The van der Waals surface area contributed by atoms with E-state index in [1.165, 1.54) is 23.5 Å². The summed E-state index contributed by atoms with van der Waals surface area (Å²) >= 11 is 1.49. The average Bonchev–Trinajstić information content (AvgIpc) is 3.53. The van der Waals surface area contributed by atoms with Crippen molar-refractivity contribution in [3.05, 3.63) is 66.2 Å². The minimum absolute atomic E-state index is 0.0564. The van der Waals surface area contributed by atoms with Gasteiger partial charge in [0.25, 0.3) is 0 Å². The molecule has 1 aliphatic carbocycles. The van der Waals surface area contributed by atoms with Gasteiger partial charge in [-0.2, -0.15) is 0 Å². The van der Waals surface area contributed by atoms with E-state index in [4.69, 9.17) is 9.72 Å². The predicted molar refractivity (Wildman–Crippen MR) is 181 cm³/mol. The van der Waals surface area contributed by atoms with Crippen molar-refractivity contribution in [2.75, 3.05) is 45.6 Å². The van der Waals surface area contributed by atoms with Gasteiger partial charge in [0.1, 0.15) is 5.75 Å². The van der Waals surface area contributed by atoms with Gasteiger partial charge in [0, 0.05) is 68.5 Å². The molecule has 3 amide bonds. The lowest BCUT2D eigenvalue weighted by atomic mass is 9.96. The molecule has 1 saturated carbocycles. The van der Waals surface area contributed by atoms with Crippen molar-refractivity contribution in [2.24, 2.45) is 5.92 Å². The highest BCUT2D eigenvalue weighted by Gasteiger charge is 2.34. The molecule has 2 N–H and O–H groups in total. The van der Waals surface area contributed by atoms with Gasteiger partial charge < -0.3 is 25.2 Å². The zero-order chi connectivity index (χ0) is 32.5. The molecule has 0 radical (unpaired) electrons. The Balaban J connectivity index is 0.983. The van der Waals surface area contributed by atoms with Crippen molar-refractivity contribution >= 4 is 39.2 Å². The third kappa shape index (κ3) is 7.39. The van der Waals surface area contributed by atoms with Gasteiger partial charge in [-0.05, 0) is 82.6 Å². The van der Waals surface area contributed by atoms with Crippen LogP contribution in [0.15, 0.2) is 54.9 Å². The number of urea groups is 1. The van der Waals surface area contributed by atoms with Gasteiger partial charge >= 0.3 is 6.03 Å². The van der Waals surface area contributed by atoms with Crippen LogP contribution in [-0.4, -0.2) is 89.0 Å². The Morgan fingerprint density at radius 1 is 1.02 bits per heavy atom. The normalized spacial score (nSPS) is 20.1. The summed E-state index contributed by atoms with van der Waals surface area (Å²) in [7, 11) is 4.18. The van der Waals surface area contributed by atoms with Gasteiger partial charge in [-0.3, -0.25) is 19.7 Å². The number of benzene rings is 1. The number of carbonyl (C=O) groups excluding carboxylic acids is 2. The van der Waals surface area contributed by atoms with Gasteiger partial charge in [-0.1, -0.05) is 6.07 Å². The number of hydrogen-bond acceptors (Lipinski definition) is 8. The maximum absolute atomic E-state index is 15.0. The highest BCUT2D eigenvalue weighted by Crippen LogP contribution is 2.39. The van der Waals surface area contributed by atoms with E-state index in [2.05, 4.69) is 50.5 Å². The monoisotopic (exact) mass is 657 g/mol. The van der Waals surface area contributed by atoms with Crippen molar-refractivity contribution < 1.29 is 18.7 Å². The molecule has 2 saturated heterocycles. The molecule has 2 aliphatic heterocycles. The number of thiophene rings is 1. The maximum Gasteiger partial charge on any atom is 0.319 e. The molecule has 3 aromatic heterocycles. The summed E-state index contributed by atoms with van der Waals surface area (Å²) in [4.78, 5) is 42.2. The van der Waals surface area contributed by atoms with Gasteiger partial charge in [0.05, 0.1) is 26.7 Å². The van der Waals surface area contributed by atoms with Crippen LogP contribution >= 0.6 is 11.3 Å². The van der Waals surface area contributed by atoms with Crippen molar-refractivity contribution in [3.8, 4) is 22.1 Å². The van der Waals surface area contributed by atoms with E-state index >= 15 is 0 Å². The topological polar surface area (TPSA) is 103 Å². The third-order valence-corrected chi connectivity index (χ3v) is 10.4. The lowest BCUT2D eigenvalue weighted by Gasteiger charge is -2.34.